The van der Waals surface area contributed by atoms with E-state index in [9.17, 15) is 0 Å². The molecule has 0 saturated carbocycles. The van der Waals surface area contributed by atoms with E-state index >= 15 is 0 Å². The van der Waals surface area contributed by atoms with Crippen molar-refractivity contribution in [3.63, 3.8) is 0 Å². The predicted octanol–water partition coefficient (Wildman–Crippen LogP) is 4.07. The molecule has 1 saturated heterocycles. The van der Waals surface area contributed by atoms with Gasteiger partial charge in [0.1, 0.15) is 12.4 Å². The summed E-state index contributed by atoms with van der Waals surface area (Å²) in [5.74, 6) is 0.872. The Hall–Kier alpha value is -2.76. The van der Waals surface area contributed by atoms with Crippen molar-refractivity contribution in [1.82, 2.24) is 15.3 Å². The minimum absolute atomic E-state index is 0.0831. The van der Waals surface area contributed by atoms with Crippen molar-refractivity contribution >= 4 is 0 Å². The van der Waals surface area contributed by atoms with Crippen LogP contribution in [0, 0.1) is 0 Å². The molecule has 2 aromatic heterocycles. The Morgan fingerprint density at radius 1 is 0.893 bits per heavy atom. The first kappa shape index (κ1) is 18.6. The lowest BCUT2D eigenvalue weighted by molar-refractivity contribution is -0.0112. The summed E-state index contributed by atoms with van der Waals surface area (Å²) in [6.07, 6.45) is 9.49. The van der Waals surface area contributed by atoms with Crippen LogP contribution in [0.3, 0.4) is 0 Å². The molecule has 0 bridgehead atoms. The number of benzene rings is 1. The molecule has 3 heterocycles. The number of rotatable bonds is 7. The predicted molar refractivity (Wildman–Crippen MR) is 108 cm³/mol. The van der Waals surface area contributed by atoms with Gasteiger partial charge in [-0.2, -0.15) is 0 Å². The lowest BCUT2D eigenvalue weighted by Gasteiger charge is -2.33. The molecule has 0 unspecified atom stereocenters. The van der Waals surface area contributed by atoms with Crippen molar-refractivity contribution in [2.45, 2.75) is 38.1 Å². The van der Waals surface area contributed by atoms with Crippen molar-refractivity contribution in [2.75, 3.05) is 6.61 Å². The van der Waals surface area contributed by atoms with Crippen LogP contribution >= 0.6 is 0 Å². The largest absolute Gasteiger partial charge is 0.489 e. The van der Waals surface area contributed by atoms with E-state index in [2.05, 4.69) is 27.4 Å². The summed E-state index contributed by atoms with van der Waals surface area (Å²) in [6.45, 7) is 2.17. The van der Waals surface area contributed by atoms with Gasteiger partial charge in [0.15, 0.2) is 0 Å². The summed E-state index contributed by atoms with van der Waals surface area (Å²) in [6, 6.07) is 16.6. The van der Waals surface area contributed by atoms with Gasteiger partial charge in [0.05, 0.1) is 6.10 Å². The summed E-state index contributed by atoms with van der Waals surface area (Å²) in [5, 5.41) is 3.67. The van der Waals surface area contributed by atoms with Gasteiger partial charge in [-0.25, -0.2) is 0 Å². The highest BCUT2D eigenvalue weighted by molar-refractivity contribution is 5.28. The van der Waals surface area contributed by atoms with Crippen LogP contribution in [0.5, 0.6) is 5.75 Å². The van der Waals surface area contributed by atoms with Crippen molar-refractivity contribution in [1.29, 1.82) is 0 Å². The fourth-order valence-corrected chi connectivity index (χ4v) is 3.47. The van der Waals surface area contributed by atoms with Crippen LogP contribution in [0.15, 0.2) is 73.3 Å². The Morgan fingerprint density at radius 2 is 1.61 bits per heavy atom. The van der Waals surface area contributed by atoms with Crippen molar-refractivity contribution in [2.24, 2.45) is 0 Å². The molecule has 0 aliphatic carbocycles. The first-order valence-corrected chi connectivity index (χ1v) is 9.74. The van der Waals surface area contributed by atoms with Gasteiger partial charge in [-0.1, -0.05) is 12.1 Å². The Morgan fingerprint density at radius 3 is 2.36 bits per heavy atom. The zero-order chi connectivity index (χ0) is 19.0. The van der Waals surface area contributed by atoms with Gasteiger partial charge in [0.2, 0.25) is 0 Å². The number of nitrogens with zero attached hydrogens (tertiary/aromatic N) is 2. The Kier molecular flexibility index (Phi) is 6.27. The zero-order valence-corrected chi connectivity index (χ0v) is 15.8. The van der Waals surface area contributed by atoms with Gasteiger partial charge in [-0.3, -0.25) is 9.97 Å². The second-order valence-corrected chi connectivity index (χ2v) is 6.99. The number of hydrogen-bond acceptors (Lipinski definition) is 5. The van der Waals surface area contributed by atoms with E-state index in [-0.39, 0.29) is 6.10 Å². The Bertz CT molecular complexity index is 841. The van der Waals surface area contributed by atoms with Crippen LogP contribution in [-0.2, 0) is 17.9 Å². The summed E-state index contributed by atoms with van der Waals surface area (Å²) >= 11 is 0. The maximum atomic E-state index is 6.04. The fourth-order valence-electron chi connectivity index (χ4n) is 3.47. The molecule has 5 nitrogen and oxygen atoms in total. The second-order valence-electron chi connectivity index (χ2n) is 6.99. The molecule has 4 rings (SSSR count). The molecule has 3 aromatic rings. The minimum atomic E-state index is 0.0831. The molecule has 144 valence electrons. The average molecular weight is 375 g/mol. The normalized spacial score (nSPS) is 19.3. The highest BCUT2D eigenvalue weighted by atomic mass is 16.5. The summed E-state index contributed by atoms with van der Waals surface area (Å²) in [7, 11) is 0. The van der Waals surface area contributed by atoms with Crippen LogP contribution in [0.4, 0.5) is 0 Å². The number of aromatic nitrogens is 2. The average Bonchev–Trinajstić information content (AvgIpc) is 2.78. The molecule has 0 spiro atoms. The van der Waals surface area contributed by atoms with E-state index in [1.165, 1.54) is 11.1 Å². The van der Waals surface area contributed by atoms with E-state index in [1.54, 1.807) is 12.4 Å². The van der Waals surface area contributed by atoms with Crippen LogP contribution in [0.2, 0.25) is 0 Å². The molecular weight excluding hydrogens is 350 g/mol. The number of nitrogens with one attached hydrogen (secondary N) is 1. The zero-order valence-electron chi connectivity index (χ0n) is 15.8. The van der Waals surface area contributed by atoms with Gasteiger partial charge < -0.3 is 14.8 Å². The number of hydrogen-bond donors (Lipinski definition) is 1. The molecule has 1 N–H and O–H groups in total. The molecule has 1 fully saturated rings. The van der Waals surface area contributed by atoms with Crippen molar-refractivity contribution in [3.05, 3.63) is 90.0 Å². The van der Waals surface area contributed by atoms with Crippen LogP contribution in [-0.4, -0.2) is 22.6 Å². The third-order valence-corrected chi connectivity index (χ3v) is 5.00. The molecule has 2 atom stereocenters. The summed E-state index contributed by atoms with van der Waals surface area (Å²) in [4.78, 5) is 8.13. The maximum absolute atomic E-state index is 6.04. The summed E-state index contributed by atoms with van der Waals surface area (Å²) < 4.78 is 11.9. The van der Waals surface area contributed by atoms with Gasteiger partial charge in [0.25, 0.3) is 0 Å². The summed E-state index contributed by atoms with van der Waals surface area (Å²) in [5.41, 5.74) is 3.53. The smallest absolute Gasteiger partial charge is 0.119 e. The molecule has 5 heteroatoms. The highest BCUT2D eigenvalue weighted by Gasteiger charge is 2.26. The maximum Gasteiger partial charge on any atom is 0.119 e. The standard InChI is InChI=1S/C23H25N3O2/c1-2-22(23(27-15-1)20-9-13-25-14-10-20)26-16-18-3-5-21(6-4-18)28-17-19-7-11-24-12-8-19/h3-14,22-23,26H,1-2,15-17H2/t22-,23+/m0/s1. The van der Waals surface area contributed by atoms with E-state index in [1.807, 2.05) is 48.8 Å². The molecule has 0 radical (unpaired) electrons. The van der Waals surface area contributed by atoms with Gasteiger partial charge in [-0.15, -0.1) is 0 Å². The lowest BCUT2D eigenvalue weighted by Crippen LogP contribution is -2.39. The number of pyridine rings is 2. The molecule has 1 aliphatic heterocycles. The third-order valence-electron chi connectivity index (χ3n) is 5.00. The van der Waals surface area contributed by atoms with E-state index in [4.69, 9.17) is 9.47 Å². The Labute approximate surface area is 165 Å². The molecule has 1 aliphatic rings. The first-order chi connectivity index (χ1) is 13.9. The highest BCUT2D eigenvalue weighted by Crippen LogP contribution is 2.28. The van der Waals surface area contributed by atoms with E-state index in [0.717, 1.165) is 37.3 Å². The first-order valence-electron chi connectivity index (χ1n) is 9.74. The Balaban J connectivity index is 1.31. The molecule has 1 aromatic carbocycles. The van der Waals surface area contributed by atoms with Crippen LogP contribution in [0.25, 0.3) is 0 Å². The number of ether oxygens (including phenoxy) is 2. The quantitative estimate of drug-likeness (QED) is 0.675. The second kappa shape index (κ2) is 9.44. The van der Waals surface area contributed by atoms with Crippen LogP contribution < -0.4 is 10.1 Å². The van der Waals surface area contributed by atoms with Gasteiger partial charge >= 0.3 is 0 Å². The van der Waals surface area contributed by atoms with E-state index in [0.29, 0.717) is 12.6 Å². The fraction of sp³-hybridized carbons (Fsp3) is 0.304. The monoisotopic (exact) mass is 375 g/mol. The van der Waals surface area contributed by atoms with Crippen molar-refractivity contribution < 1.29 is 9.47 Å². The molecular formula is C23H25N3O2. The van der Waals surface area contributed by atoms with Gasteiger partial charge in [-0.05, 0) is 65.9 Å². The van der Waals surface area contributed by atoms with Gasteiger partial charge in [0, 0.05) is 44.0 Å². The third kappa shape index (κ3) is 4.94. The minimum Gasteiger partial charge on any atom is -0.489 e. The van der Waals surface area contributed by atoms with Crippen LogP contribution in [0.1, 0.15) is 35.6 Å². The van der Waals surface area contributed by atoms with Crippen molar-refractivity contribution in [3.8, 4) is 5.75 Å². The lowest BCUT2D eigenvalue weighted by atomic mass is 9.96. The molecule has 28 heavy (non-hydrogen) atoms. The topological polar surface area (TPSA) is 56.3 Å². The molecule has 0 amide bonds. The van der Waals surface area contributed by atoms with E-state index < -0.39 is 0 Å². The SMILES string of the molecule is c1cc(COc2ccc(CN[C@H]3CCCO[C@@H]3c3ccncc3)cc2)ccn1.